The summed E-state index contributed by atoms with van der Waals surface area (Å²) in [4.78, 5) is 2.41. The second kappa shape index (κ2) is 13.9. The van der Waals surface area contributed by atoms with Crippen molar-refractivity contribution in [2.24, 2.45) is 0 Å². The molecular weight excluding hydrogens is 727 g/mol. The van der Waals surface area contributed by atoms with Gasteiger partial charge in [-0.25, -0.2) is 0 Å². The van der Waals surface area contributed by atoms with Gasteiger partial charge in [0.1, 0.15) is 11.2 Å². The number of furan rings is 1. The van der Waals surface area contributed by atoms with Gasteiger partial charge in [-0.05, 0) is 119 Å². The molecule has 0 fully saturated rings. The summed E-state index contributed by atoms with van der Waals surface area (Å²) in [5.41, 5.74) is 11.9. The monoisotopic (exact) mass is 763 g/mol. The van der Waals surface area contributed by atoms with Crippen LogP contribution in [0.3, 0.4) is 0 Å². The van der Waals surface area contributed by atoms with Crippen LogP contribution in [0, 0.1) is 0 Å². The predicted octanol–water partition coefficient (Wildman–Crippen LogP) is 16.7. The number of hydrogen-bond donors (Lipinski definition) is 0. The Balaban J connectivity index is 1.10. The van der Waals surface area contributed by atoms with Gasteiger partial charge in [-0.2, -0.15) is 0 Å². The Morgan fingerprint density at radius 2 is 0.750 bits per heavy atom. The molecule has 2 heteroatoms. The van der Waals surface area contributed by atoms with Crippen LogP contribution in [-0.2, 0) is 0 Å². The van der Waals surface area contributed by atoms with Crippen LogP contribution in [0.1, 0.15) is 0 Å². The first-order chi connectivity index (χ1) is 29.7. The standard InChI is InChI=1S/C58H37NO/c1-2-14-38(15-3-1)47-32-28-42(55-35-41-17-5-7-19-46(41)49-21-9-11-23-51(49)55)36-56(47)59(44-31-33-53-52-24-12-13-25-57(52)60-58(53)37-44)43-29-26-39(27-30-43)54-34-40-16-4-6-18-45(40)48-20-8-10-22-50(48)54/h1-37H. The summed E-state index contributed by atoms with van der Waals surface area (Å²) >= 11 is 0. The van der Waals surface area contributed by atoms with Gasteiger partial charge in [0.25, 0.3) is 0 Å². The van der Waals surface area contributed by atoms with Gasteiger partial charge < -0.3 is 9.32 Å². The topological polar surface area (TPSA) is 16.4 Å². The summed E-state index contributed by atoms with van der Waals surface area (Å²) in [6.07, 6.45) is 0. The van der Waals surface area contributed by atoms with Crippen LogP contribution < -0.4 is 4.90 Å². The van der Waals surface area contributed by atoms with Crippen molar-refractivity contribution >= 4 is 82.1 Å². The third-order valence-corrected chi connectivity index (χ3v) is 12.2. The Labute approximate surface area is 347 Å². The molecule has 12 aromatic rings. The summed E-state index contributed by atoms with van der Waals surface area (Å²) in [7, 11) is 0. The molecule has 0 saturated heterocycles. The molecule has 0 unspecified atom stereocenters. The van der Waals surface area contributed by atoms with Crippen LogP contribution >= 0.6 is 0 Å². The number of para-hydroxylation sites is 1. The van der Waals surface area contributed by atoms with Crippen LogP contribution in [0.4, 0.5) is 17.1 Å². The number of nitrogens with zero attached hydrogens (tertiary/aromatic N) is 1. The van der Waals surface area contributed by atoms with Crippen molar-refractivity contribution < 1.29 is 4.42 Å². The highest BCUT2D eigenvalue weighted by atomic mass is 16.3. The molecule has 280 valence electrons. The second-order valence-electron chi connectivity index (χ2n) is 15.6. The third-order valence-electron chi connectivity index (χ3n) is 12.2. The van der Waals surface area contributed by atoms with E-state index < -0.39 is 0 Å². The fraction of sp³-hybridized carbons (Fsp3) is 0. The molecule has 0 aliphatic heterocycles. The quantitative estimate of drug-likeness (QED) is 0.157. The molecule has 0 aliphatic carbocycles. The normalized spacial score (nSPS) is 11.7. The number of fused-ring (bicyclic) bond motifs is 9. The van der Waals surface area contributed by atoms with E-state index in [1.807, 2.05) is 12.1 Å². The molecular formula is C58H37NO. The molecule has 60 heavy (non-hydrogen) atoms. The van der Waals surface area contributed by atoms with E-state index in [9.17, 15) is 0 Å². The molecule has 0 atom stereocenters. The first-order valence-electron chi connectivity index (χ1n) is 20.6. The number of hydrogen-bond acceptors (Lipinski definition) is 2. The highest BCUT2D eigenvalue weighted by Crippen LogP contribution is 2.46. The molecule has 12 rings (SSSR count). The summed E-state index contributed by atoms with van der Waals surface area (Å²) in [5.74, 6) is 0. The molecule has 0 bridgehead atoms. The second-order valence-corrected chi connectivity index (χ2v) is 15.6. The molecule has 0 amide bonds. The largest absolute Gasteiger partial charge is 0.456 e. The molecule has 0 saturated carbocycles. The zero-order valence-electron chi connectivity index (χ0n) is 32.7. The predicted molar refractivity (Wildman–Crippen MR) is 255 cm³/mol. The van der Waals surface area contributed by atoms with E-state index in [4.69, 9.17) is 4.42 Å². The van der Waals surface area contributed by atoms with Crippen LogP contribution in [0.2, 0.25) is 0 Å². The fourth-order valence-corrected chi connectivity index (χ4v) is 9.40. The molecule has 0 aliphatic rings. The molecule has 2 nitrogen and oxygen atoms in total. The number of anilines is 3. The van der Waals surface area contributed by atoms with Gasteiger partial charge in [-0.15, -0.1) is 0 Å². The van der Waals surface area contributed by atoms with E-state index in [0.717, 1.165) is 55.7 Å². The first kappa shape index (κ1) is 34.1. The van der Waals surface area contributed by atoms with Crippen molar-refractivity contribution in [1.29, 1.82) is 0 Å². The lowest BCUT2D eigenvalue weighted by Crippen LogP contribution is -2.11. The van der Waals surface area contributed by atoms with Crippen LogP contribution in [0.5, 0.6) is 0 Å². The van der Waals surface area contributed by atoms with Gasteiger partial charge in [-0.1, -0.05) is 170 Å². The minimum Gasteiger partial charge on any atom is -0.456 e. The molecule has 0 spiro atoms. The lowest BCUT2D eigenvalue weighted by atomic mass is 9.91. The maximum absolute atomic E-state index is 6.54. The molecule has 1 aromatic heterocycles. The molecule has 11 aromatic carbocycles. The van der Waals surface area contributed by atoms with Crippen molar-refractivity contribution in [1.82, 2.24) is 0 Å². The first-order valence-corrected chi connectivity index (χ1v) is 20.6. The van der Waals surface area contributed by atoms with Gasteiger partial charge in [0, 0.05) is 33.8 Å². The van der Waals surface area contributed by atoms with Crippen molar-refractivity contribution in [2.45, 2.75) is 0 Å². The van der Waals surface area contributed by atoms with Gasteiger partial charge in [-0.3, -0.25) is 0 Å². The highest BCUT2D eigenvalue weighted by Gasteiger charge is 2.21. The third kappa shape index (κ3) is 5.57. The van der Waals surface area contributed by atoms with Gasteiger partial charge in [0.2, 0.25) is 0 Å². The average Bonchev–Trinajstić information content (AvgIpc) is 3.70. The van der Waals surface area contributed by atoms with Gasteiger partial charge >= 0.3 is 0 Å². The maximum atomic E-state index is 6.54. The summed E-state index contributed by atoms with van der Waals surface area (Å²) < 4.78 is 6.54. The Hall–Kier alpha value is -7.94. The Morgan fingerprint density at radius 3 is 1.42 bits per heavy atom. The van der Waals surface area contributed by atoms with E-state index in [1.54, 1.807) is 0 Å². The van der Waals surface area contributed by atoms with Crippen LogP contribution in [-0.4, -0.2) is 0 Å². The summed E-state index contributed by atoms with van der Waals surface area (Å²) in [5, 5.41) is 12.2. The molecule has 0 radical (unpaired) electrons. The van der Waals surface area contributed by atoms with E-state index >= 15 is 0 Å². The van der Waals surface area contributed by atoms with Gasteiger partial charge in [0.15, 0.2) is 0 Å². The van der Waals surface area contributed by atoms with E-state index in [0.29, 0.717) is 0 Å². The molecule has 0 N–H and O–H groups in total. The Kier molecular flexibility index (Phi) is 7.89. The Morgan fingerprint density at radius 1 is 0.267 bits per heavy atom. The van der Waals surface area contributed by atoms with Crippen LogP contribution in [0.25, 0.3) is 98.4 Å². The van der Waals surface area contributed by atoms with E-state index in [-0.39, 0.29) is 0 Å². The minimum atomic E-state index is 0.857. The molecule has 1 heterocycles. The van der Waals surface area contributed by atoms with Crippen molar-refractivity contribution in [3.8, 4) is 33.4 Å². The number of benzene rings is 11. The van der Waals surface area contributed by atoms with Gasteiger partial charge in [0.05, 0.1) is 5.69 Å². The highest BCUT2D eigenvalue weighted by molar-refractivity contribution is 6.15. The van der Waals surface area contributed by atoms with Crippen molar-refractivity contribution in [2.75, 3.05) is 4.90 Å². The fourth-order valence-electron chi connectivity index (χ4n) is 9.40. The average molecular weight is 764 g/mol. The lowest BCUT2D eigenvalue weighted by Gasteiger charge is -2.29. The zero-order chi connectivity index (χ0) is 39.6. The zero-order valence-corrected chi connectivity index (χ0v) is 32.7. The summed E-state index contributed by atoms with van der Waals surface area (Å²) in [6.45, 7) is 0. The van der Waals surface area contributed by atoms with E-state index in [2.05, 4.69) is 217 Å². The number of rotatable bonds is 6. The maximum Gasteiger partial charge on any atom is 0.137 e. The lowest BCUT2D eigenvalue weighted by molar-refractivity contribution is 0.669. The van der Waals surface area contributed by atoms with Crippen molar-refractivity contribution in [3.05, 3.63) is 224 Å². The minimum absolute atomic E-state index is 0.857. The Bertz CT molecular complexity index is 3600. The van der Waals surface area contributed by atoms with Crippen LogP contribution in [0.15, 0.2) is 229 Å². The van der Waals surface area contributed by atoms with Crippen molar-refractivity contribution in [3.63, 3.8) is 0 Å². The summed E-state index contributed by atoms with van der Waals surface area (Å²) in [6, 6.07) is 81.4. The van der Waals surface area contributed by atoms with E-state index in [1.165, 1.54) is 59.8 Å². The smallest absolute Gasteiger partial charge is 0.137 e. The SMILES string of the molecule is c1ccc(-c2ccc(-c3cc4ccccc4c4ccccc34)cc2N(c2ccc(-c3cc4ccccc4c4ccccc34)cc2)c2ccc3c(c2)oc2ccccc23)cc1.